The lowest BCUT2D eigenvalue weighted by molar-refractivity contribution is 0.305. The SMILES string of the molecule is CCCCCCOc1ccc2cc(-c3ccc4c(-c5ccc6cc(OCCCCCC)ccc6c5)cc5c(-c6ccc7cc(OCCCCCC)ccc7c6)cc(-c6ccc7cc(OCCCCCC)ccc7c6)c6ccc3c4c65)ccc2c1. The summed E-state index contributed by atoms with van der Waals surface area (Å²) >= 11 is 0. The van der Waals surface area contributed by atoms with Crippen molar-refractivity contribution in [3.05, 3.63) is 182 Å². The van der Waals surface area contributed by atoms with Crippen LogP contribution in [-0.2, 0) is 0 Å². The van der Waals surface area contributed by atoms with Crippen molar-refractivity contribution in [2.75, 3.05) is 26.4 Å². The van der Waals surface area contributed by atoms with Gasteiger partial charge in [-0.1, -0.05) is 202 Å². The number of unbranched alkanes of at least 4 members (excludes halogenated alkanes) is 12. The van der Waals surface area contributed by atoms with Gasteiger partial charge in [-0.15, -0.1) is 0 Å². The zero-order valence-corrected chi connectivity index (χ0v) is 50.1. The van der Waals surface area contributed by atoms with Crippen LogP contribution in [0.3, 0.4) is 0 Å². The number of hydrogen-bond donors (Lipinski definition) is 0. The van der Waals surface area contributed by atoms with Crippen molar-refractivity contribution < 1.29 is 18.9 Å². The Kier molecular flexibility index (Phi) is 17.9. The van der Waals surface area contributed by atoms with Gasteiger partial charge in [0.15, 0.2) is 0 Å². The Balaban J connectivity index is 1.03. The summed E-state index contributed by atoms with van der Waals surface area (Å²) in [6, 6.07) is 68.9. The van der Waals surface area contributed by atoms with E-state index >= 15 is 0 Å². The van der Waals surface area contributed by atoms with Crippen LogP contribution in [0.2, 0.25) is 0 Å². The number of benzene rings is 12. The molecule has 0 unspecified atom stereocenters. The highest BCUT2D eigenvalue weighted by Crippen LogP contribution is 2.50. The summed E-state index contributed by atoms with van der Waals surface area (Å²) in [5.74, 6) is 3.73. The van der Waals surface area contributed by atoms with E-state index in [0.29, 0.717) is 0 Å². The molecule has 4 nitrogen and oxygen atoms in total. The lowest BCUT2D eigenvalue weighted by Crippen LogP contribution is -1.97. The molecule has 0 radical (unpaired) electrons. The first-order valence-corrected chi connectivity index (χ1v) is 31.9. The maximum atomic E-state index is 6.32. The highest BCUT2D eigenvalue weighted by atomic mass is 16.5. The highest BCUT2D eigenvalue weighted by Gasteiger charge is 2.22. The summed E-state index contributed by atoms with van der Waals surface area (Å²) in [6.45, 7) is 12.0. The fourth-order valence-electron chi connectivity index (χ4n) is 12.8. The average Bonchev–Trinajstić information content (AvgIpc) is 1.34. The van der Waals surface area contributed by atoms with Gasteiger partial charge in [-0.05, 0) is 231 Å². The van der Waals surface area contributed by atoms with E-state index in [-0.39, 0.29) is 0 Å². The topological polar surface area (TPSA) is 36.9 Å². The molecule has 0 N–H and O–H groups in total. The van der Waals surface area contributed by atoms with Crippen LogP contribution in [0.4, 0.5) is 0 Å². The van der Waals surface area contributed by atoms with Crippen LogP contribution in [0.1, 0.15) is 130 Å². The van der Waals surface area contributed by atoms with Gasteiger partial charge in [0.05, 0.1) is 26.4 Å². The van der Waals surface area contributed by atoms with E-state index in [2.05, 4.69) is 210 Å². The predicted molar refractivity (Wildman–Crippen MR) is 360 cm³/mol. The lowest BCUT2D eigenvalue weighted by Gasteiger charge is -2.22. The first-order chi connectivity index (χ1) is 41.5. The molecule has 426 valence electrons. The van der Waals surface area contributed by atoms with E-state index in [1.54, 1.807) is 0 Å². The molecule has 12 rings (SSSR count). The van der Waals surface area contributed by atoms with Crippen LogP contribution in [0, 0.1) is 0 Å². The van der Waals surface area contributed by atoms with Crippen LogP contribution in [-0.4, -0.2) is 26.4 Å². The van der Waals surface area contributed by atoms with Crippen molar-refractivity contribution in [3.63, 3.8) is 0 Å². The third-order valence-electron chi connectivity index (χ3n) is 17.5. The zero-order chi connectivity index (χ0) is 57.2. The van der Waals surface area contributed by atoms with Gasteiger partial charge in [0, 0.05) is 0 Å². The van der Waals surface area contributed by atoms with Gasteiger partial charge in [0.1, 0.15) is 23.0 Å². The van der Waals surface area contributed by atoms with Crippen molar-refractivity contribution in [2.45, 2.75) is 130 Å². The molecule has 0 aliphatic heterocycles. The quantitative estimate of drug-likeness (QED) is 0.0362. The zero-order valence-electron chi connectivity index (χ0n) is 50.1. The number of hydrogen-bond acceptors (Lipinski definition) is 4. The monoisotopic (exact) mass is 1110 g/mol. The third kappa shape index (κ3) is 12.4. The van der Waals surface area contributed by atoms with Gasteiger partial charge >= 0.3 is 0 Å². The normalized spacial score (nSPS) is 11.8. The fourth-order valence-corrected chi connectivity index (χ4v) is 12.8. The molecule has 0 bridgehead atoms. The second-order valence-corrected chi connectivity index (χ2v) is 23.5. The molecule has 0 saturated heterocycles. The fraction of sp³-hybridized carbons (Fsp3) is 0.300. The van der Waals surface area contributed by atoms with Gasteiger partial charge in [0.25, 0.3) is 0 Å². The minimum absolute atomic E-state index is 0.740. The maximum Gasteiger partial charge on any atom is 0.119 e. The first-order valence-electron chi connectivity index (χ1n) is 31.9. The molecule has 0 amide bonds. The van der Waals surface area contributed by atoms with E-state index in [1.807, 2.05) is 0 Å². The molecule has 84 heavy (non-hydrogen) atoms. The lowest BCUT2D eigenvalue weighted by atomic mass is 9.81. The van der Waals surface area contributed by atoms with Crippen molar-refractivity contribution in [3.8, 4) is 67.5 Å². The van der Waals surface area contributed by atoms with E-state index < -0.39 is 0 Å². The Morgan fingerprint density at radius 3 is 0.845 bits per heavy atom. The van der Waals surface area contributed by atoms with Crippen LogP contribution in [0.5, 0.6) is 23.0 Å². The average molecular weight is 1110 g/mol. The molecule has 12 aromatic rings. The molecule has 0 aliphatic rings. The van der Waals surface area contributed by atoms with E-state index in [1.165, 1.54) is 197 Å². The first kappa shape index (κ1) is 56.4. The summed E-state index contributed by atoms with van der Waals surface area (Å²) in [4.78, 5) is 0. The summed E-state index contributed by atoms with van der Waals surface area (Å²) in [5.41, 5.74) is 9.62. The van der Waals surface area contributed by atoms with E-state index in [9.17, 15) is 0 Å². The molecule has 0 aromatic heterocycles. The predicted octanol–water partition coefficient (Wildman–Crippen LogP) is 23.7. The number of rotatable bonds is 28. The molecule has 0 atom stereocenters. The molecular formula is C80H82O4. The summed E-state index contributed by atoms with van der Waals surface area (Å²) < 4.78 is 25.2. The molecule has 0 heterocycles. The minimum atomic E-state index is 0.740. The summed E-state index contributed by atoms with van der Waals surface area (Å²) in [6.07, 6.45) is 19.0. The summed E-state index contributed by atoms with van der Waals surface area (Å²) in [7, 11) is 0. The standard InChI is InChI=1S/C80H82O4/c1-5-9-13-17-41-81-67-33-29-55-45-63(25-21-59(55)49-67)71-37-38-73-76(65-27-23-61-51-69(35-31-57(61)47-65)83-43-19-15-11-7-3)54-78-77(66-28-24-62-52-70(36-32-58(62)48-66)84-44-20-16-12-8-4)53-75(74-40-39-72(71)79(73)80(74)78)64-26-22-60-50-68(34-30-56(60)46-64)82-42-18-14-10-6-2/h21-40,45-54H,5-20,41-44H2,1-4H3. The Labute approximate surface area is 498 Å². The molecule has 0 spiro atoms. The smallest absolute Gasteiger partial charge is 0.119 e. The summed E-state index contributed by atoms with van der Waals surface area (Å²) in [5, 5.41) is 17.0. The van der Waals surface area contributed by atoms with Crippen molar-refractivity contribution in [2.24, 2.45) is 0 Å². The molecule has 12 aromatic carbocycles. The third-order valence-corrected chi connectivity index (χ3v) is 17.5. The molecular weight excluding hydrogens is 1020 g/mol. The Hall–Kier alpha value is -8.08. The Bertz CT molecular complexity index is 4200. The number of fused-ring (bicyclic) bond motifs is 4. The largest absolute Gasteiger partial charge is 0.494 e. The molecule has 0 saturated carbocycles. The van der Waals surface area contributed by atoms with Gasteiger partial charge in [-0.25, -0.2) is 0 Å². The molecule has 0 aliphatic carbocycles. The van der Waals surface area contributed by atoms with Crippen LogP contribution in [0.15, 0.2) is 182 Å². The maximum absolute atomic E-state index is 6.32. The highest BCUT2D eigenvalue weighted by molar-refractivity contribution is 6.32. The van der Waals surface area contributed by atoms with Gasteiger partial charge in [-0.3, -0.25) is 0 Å². The Morgan fingerprint density at radius 2 is 0.488 bits per heavy atom. The van der Waals surface area contributed by atoms with Crippen LogP contribution in [0.25, 0.3) is 120 Å². The van der Waals surface area contributed by atoms with Gasteiger partial charge < -0.3 is 18.9 Å². The van der Waals surface area contributed by atoms with Gasteiger partial charge in [-0.2, -0.15) is 0 Å². The van der Waals surface area contributed by atoms with Crippen LogP contribution >= 0.6 is 0 Å². The van der Waals surface area contributed by atoms with Crippen molar-refractivity contribution in [1.29, 1.82) is 0 Å². The second-order valence-electron chi connectivity index (χ2n) is 23.5. The minimum Gasteiger partial charge on any atom is -0.494 e. The second kappa shape index (κ2) is 26.7. The van der Waals surface area contributed by atoms with Crippen LogP contribution < -0.4 is 18.9 Å². The van der Waals surface area contributed by atoms with E-state index in [4.69, 9.17) is 18.9 Å². The molecule has 0 fully saturated rings. The van der Waals surface area contributed by atoms with E-state index in [0.717, 1.165) is 75.1 Å². The van der Waals surface area contributed by atoms with Gasteiger partial charge in [0.2, 0.25) is 0 Å². The molecule has 4 heteroatoms. The Morgan fingerprint density at radius 1 is 0.214 bits per heavy atom. The number of ether oxygens (including phenoxy) is 4. The van der Waals surface area contributed by atoms with Crippen molar-refractivity contribution in [1.82, 2.24) is 0 Å². The van der Waals surface area contributed by atoms with Crippen molar-refractivity contribution >= 4 is 75.4 Å².